The summed E-state index contributed by atoms with van der Waals surface area (Å²) >= 11 is 8.50. The fourth-order valence-electron chi connectivity index (χ4n) is 2.10. The number of amides is 1. The number of halogens is 2. The van der Waals surface area contributed by atoms with E-state index in [1.54, 1.807) is 18.0 Å². The number of hydrogen-bond acceptors (Lipinski definition) is 3. The van der Waals surface area contributed by atoms with E-state index in [4.69, 9.17) is 4.42 Å². The molecular formula is C18H13Br2NO2S. The van der Waals surface area contributed by atoms with Crippen molar-refractivity contribution in [3.8, 4) is 0 Å². The zero-order valence-corrected chi connectivity index (χ0v) is 16.4. The van der Waals surface area contributed by atoms with Crippen LogP contribution in [0.15, 0.2) is 79.1 Å². The third-order valence-corrected chi connectivity index (χ3v) is 5.51. The number of rotatable bonds is 5. The van der Waals surface area contributed by atoms with Gasteiger partial charge in [0.05, 0.1) is 12.0 Å². The standard InChI is InChI=1S/C18H13Br2NO2S/c19-13-6-7-15(20)16(10-13)21-18(22)17-12(8-9-23-17)11-24-14-4-2-1-3-5-14/h1-10H,11H2,(H,21,22). The molecule has 0 unspecified atom stereocenters. The molecule has 0 fully saturated rings. The Hall–Kier alpha value is -1.50. The summed E-state index contributed by atoms with van der Waals surface area (Å²) in [6, 6.07) is 17.5. The van der Waals surface area contributed by atoms with E-state index in [1.807, 2.05) is 54.6 Å². The second-order valence-corrected chi connectivity index (χ2v) is 7.77. The molecule has 6 heteroatoms. The molecule has 0 aliphatic rings. The van der Waals surface area contributed by atoms with E-state index >= 15 is 0 Å². The van der Waals surface area contributed by atoms with Gasteiger partial charge in [-0.05, 0) is 52.3 Å². The zero-order valence-electron chi connectivity index (χ0n) is 12.5. The van der Waals surface area contributed by atoms with E-state index in [9.17, 15) is 4.79 Å². The first kappa shape index (κ1) is 17.3. The van der Waals surface area contributed by atoms with E-state index in [1.165, 1.54) is 0 Å². The van der Waals surface area contributed by atoms with Gasteiger partial charge in [0.2, 0.25) is 0 Å². The Kier molecular flexibility index (Phi) is 5.81. The summed E-state index contributed by atoms with van der Waals surface area (Å²) < 4.78 is 7.10. The molecule has 2 aromatic carbocycles. The Balaban J connectivity index is 1.72. The van der Waals surface area contributed by atoms with Crippen LogP contribution >= 0.6 is 43.6 Å². The molecule has 0 aliphatic carbocycles. The van der Waals surface area contributed by atoms with Crippen LogP contribution in [-0.2, 0) is 5.75 Å². The summed E-state index contributed by atoms with van der Waals surface area (Å²) in [7, 11) is 0. The Bertz CT molecular complexity index is 849. The van der Waals surface area contributed by atoms with Gasteiger partial charge in [0.15, 0.2) is 5.76 Å². The number of furan rings is 1. The maximum Gasteiger partial charge on any atom is 0.291 e. The molecule has 1 heterocycles. The zero-order chi connectivity index (χ0) is 16.9. The van der Waals surface area contributed by atoms with Crippen LogP contribution in [0.1, 0.15) is 16.1 Å². The van der Waals surface area contributed by atoms with Gasteiger partial charge in [-0.15, -0.1) is 11.8 Å². The van der Waals surface area contributed by atoms with Gasteiger partial charge in [-0.25, -0.2) is 0 Å². The summed E-state index contributed by atoms with van der Waals surface area (Å²) in [6.45, 7) is 0. The van der Waals surface area contributed by atoms with Crippen molar-refractivity contribution < 1.29 is 9.21 Å². The van der Waals surface area contributed by atoms with Crippen LogP contribution in [0.3, 0.4) is 0 Å². The Labute approximate surface area is 161 Å². The number of thioether (sulfide) groups is 1. The molecule has 3 aromatic rings. The minimum Gasteiger partial charge on any atom is -0.459 e. The number of nitrogens with one attached hydrogen (secondary N) is 1. The number of hydrogen-bond donors (Lipinski definition) is 1. The maximum atomic E-state index is 12.5. The molecule has 24 heavy (non-hydrogen) atoms. The van der Waals surface area contributed by atoms with Crippen molar-refractivity contribution in [2.75, 3.05) is 5.32 Å². The van der Waals surface area contributed by atoms with Crippen molar-refractivity contribution in [2.45, 2.75) is 10.6 Å². The summed E-state index contributed by atoms with van der Waals surface area (Å²) in [5, 5.41) is 2.87. The van der Waals surface area contributed by atoms with Crippen molar-refractivity contribution in [3.63, 3.8) is 0 Å². The van der Waals surface area contributed by atoms with Crippen molar-refractivity contribution in [1.29, 1.82) is 0 Å². The normalized spacial score (nSPS) is 10.6. The number of carbonyl (C=O) groups excluding carboxylic acids is 1. The Morgan fingerprint density at radius 3 is 2.67 bits per heavy atom. The van der Waals surface area contributed by atoms with Crippen molar-refractivity contribution in [3.05, 3.63) is 81.1 Å². The second-order valence-electron chi connectivity index (χ2n) is 4.95. The predicted molar refractivity (Wildman–Crippen MR) is 105 cm³/mol. The minimum absolute atomic E-state index is 0.262. The van der Waals surface area contributed by atoms with Gasteiger partial charge in [0.25, 0.3) is 5.91 Å². The van der Waals surface area contributed by atoms with Crippen LogP contribution in [0.5, 0.6) is 0 Å². The molecule has 0 saturated heterocycles. The van der Waals surface area contributed by atoms with E-state index in [-0.39, 0.29) is 5.91 Å². The smallest absolute Gasteiger partial charge is 0.291 e. The quantitative estimate of drug-likeness (QED) is 0.445. The second kappa shape index (κ2) is 8.05. The lowest BCUT2D eigenvalue weighted by atomic mass is 10.2. The van der Waals surface area contributed by atoms with Crippen LogP contribution < -0.4 is 5.32 Å². The van der Waals surface area contributed by atoms with Gasteiger partial charge >= 0.3 is 0 Å². The van der Waals surface area contributed by atoms with Crippen molar-refractivity contribution >= 4 is 55.2 Å². The molecule has 3 rings (SSSR count). The van der Waals surface area contributed by atoms with Crippen LogP contribution in [0, 0.1) is 0 Å². The average Bonchev–Trinajstić information content (AvgIpc) is 3.06. The number of carbonyl (C=O) groups is 1. The molecule has 0 aliphatic heterocycles. The molecule has 3 nitrogen and oxygen atoms in total. The average molecular weight is 467 g/mol. The molecule has 0 saturated carbocycles. The largest absolute Gasteiger partial charge is 0.459 e. The fraction of sp³-hybridized carbons (Fsp3) is 0.0556. The van der Waals surface area contributed by atoms with Gasteiger partial charge in [0.1, 0.15) is 0 Å². The maximum absolute atomic E-state index is 12.5. The molecular weight excluding hydrogens is 454 g/mol. The first-order valence-electron chi connectivity index (χ1n) is 7.14. The van der Waals surface area contributed by atoms with Crippen molar-refractivity contribution in [1.82, 2.24) is 0 Å². The highest BCUT2D eigenvalue weighted by atomic mass is 79.9. The van der Waals surface area contributed by atoms with E-state index in [0.717, 1.165) is 19.4 Å². The summed E-state index contributed by atoms with van der Waals surface area (Å²) in [4.78, 5) is 13.7. The van der Waals surface area contributed by atoms with Gasteiger partial charge in [-0.1, -0.05) is 34.1 Å². The van der Waals surface area contributed by atoms with Crippen LogP contribution in [0.2, 0.25) is 0 Å². The van der Waals surface area contributed by atoms with Crippen LogP contribution in [-0.4, -0.2) is 5.91 Å². The molecule has 0 bridgehead atoms. The third-order valence-electron chi connectivity index (χ3n) is 3.27. The lowest BCUT2D eigenvalue weighted by molar-refractivity contribution is 0.0995. The molecule has 1 amide bonds. The van der Waals surface area contributed by atoms with Gasteiger partial charge in [-0.2, -0.15) is 0 Å². The summed E-state index contributed by atoms with van der Waals surface area (Å²) in [6.07, 6.45) is 1.55. The predicted octanol–water partition coefficient (Wildman–Crippen LogP) is 6.35. The van der Waals surface area contributed by atoms with Crippen LogP contribution in [0.4, 0.5) is 5.69 Å². The molecule has 0 atom stereocenters. The highest BCUT2D eigenvalue weighted by Gasteiger charge is 2.17. The van der Waals surface area contributed by atoms with Gasteiger partial charge < -0.3 is 9.73 Å². The van der Waals surface area contributed by atoms with E-state index in [2.05, 4.69) is 37.2 Å². The van der Waals surface area contributed by atoms with Crippen molar-refractivity contribution in [2.24, 2.45) is 0 Å². The Morgan fingerprint density at radius 2 is 1.88 bits per heavy atom. The molecule has 1 aromatic heterocycles. The summed E-state index contributed by atoms with van der Waals surface area (Å²) in [5.41, 5.74) is 1.56. The number of benzene rings is 2. The lowest BCUT2D eigenvalue weighted by Gasteiger charge is -2.08. The molecule has 1 N–H and O–H groups in total. The monoisotopic (exact) mass is 465 g/mol. The van der Waals surface area contributed by atoms with E-state index in [0.29, 0.717) is 17.2 Å². The van der Waals surface area contributed by atoms with E-state index < -0.39 is 0 Å². The Morgan fingerprint density at radius 1 is 1.08 bits per heavy atom. The molecule has 122 valence electrons. The summed E-state index contributed by atoms with van der Waals surface area (Å²) in [5.74, 6) is 0.746. The number of anilines is 1. The molecule has 0 spiro atoms. The molecule has 0 radical (unpaired) electrons. The fourth-order valence-corrected chi connectivity index (χ4v) is 3.70. The first-order chi connectivity index (χ1) is 11.6. The van der Waals surface area contributed by atoms with Gasteiger partial charge in [0, 0.05) is 25.2 Å². The SMILES string of the molecule is O=C(Nc1cc(Br)ccc1Br)c1occc1CSc1ccccc1. The topological polar surface area (TPSA) is 42.2 Å². The highest BCUT2D eigenvalue weighted by molar-refractivity contribution is 9.11. The third kappa shape index (κ3) is 4.32. The highest BCUT2D eigenvalue weighted by Crippen LogP contribution is 2.28. The van der Waals surface area contributed by atoms with Gasteiger partial charge in [-0.3, -0.25) is 4.79 Å². The lowest BCUT2D eigenvalue weighted by Crippen LogP contribution is -2.13. The minimum atomic E-state index is -0.262. The first-order valence-corrected chi connectivity index (χ1v) is 9.71. The van der Waals surface area contributed by atoms with Crippen LogP contribution in [0.25, 0.3) is 0 Å².